The molecular weight excluding hydrogens is 500 g/mol. The van der Waals surface area contributed by atoms with Gasteiger partial charge in [0.1, 0.15) is 12.1 Å². The quantitative estimate of drug-likeness (QED) is 0.254. The van der Waals surface area contributed by atoms with Gasteiger partial charge < -0.3 is 10.6 Å². The monoisotopic (exact) mass is 506 g/mol. The lowest BCUT2D eigenvalue weighted by Gasteiger charge is -2.12. The van der Waals surface area contributed by atoms with Crippen molar-refractivity contribution >= 4 is 56.4 Å². The fraction of sp³-hybridized carbons (Fsp3) is 0.0625. The van der Waals surface area contributed by atoms with Crippen LogP contribution in [0.25, 0.3) is 0 Å². The molecule has 0 amide bonds. The molecule has 14 heteroatoms. The average Bonchev–Trinajstić information content (AvgIpc) is 2.64. The summed E-state index contributed by atoms with van der Waals surface area (Å²) in [5, 5.41) is 16.0. The molecule has 0 fully saturated rings. The number of aromatic nitrogens is 3. The molecule has 3 aromatic rings. The molecule has 0 aliphatic heterocycles. The van der Waals surface area contributed by atoms with E-state index in [9.17, 15) is 27.7 Å². The van der Waals surface area contributed by atoms with E-state index in [1.807, 2.05) is 0 Å². The summed E-state index contributed by atoms with van der Waals surface area (Å²) < 4.78 is 52.7. The normalized spacial score (nSPS) is 11.3. The molecule has 0 saturated heterocycles. The van der Waals surface area contributed by atoms with Gasteiger partial charge in [-0.1, -0.05) is 27.5 Å². The number of nitro groups is 1. The second-order valence-electron chi connectivity index (χ2n) is 5.60. The average molecular weight is 508 g/mol. The molecule has 0 unspecified atom stereocenters. The molecule has 0 spiro atoms. The molecule has 0 radical (unpaired) electrons. The van der Waals surface area contributed by atoms with Crippen molar-refractivity contribution in [3.8, 4) is 0 Å². The van der Waals surface area contributed by atoms with Crippen LogP contribution in [0.4, 0.5) is 46.4 Å². The van der Waals surface area contributed by atoms with E-state index in [1.54, 1.807) is 0 Å². The van der Waals surface area contributed by atoms with Crippen molar-refractivity contribution in [2.75, 3.05) is 10.6 Å². The number of nitrogens with one attached hydrogen (secondary N) is 2. The first-order valence-electron chi connectivity index (χ1n) is 7.77. The van der Waals surface area contributed by atoms with Crippen LogP contribution < -0.4 is 10.6 Å². The third-order valence-corrected chi connectivity index (χ3v) is 4.38. The zero-order valence-electron chi connectivity index (χ0n) is 14.3. The molecular formula is C16H8BrClF4N6O2. The molecule has 30 heavy (non-hydrogen) atoms. The number of anilines is 4. The number of hydrogen-bond acceptors (Lipinski definition) is 7. The number of alkyl halides is 3. The summed E-state index contributed by atoms with van der Waals surface area (Å²) in [7, 11) is 0. The minimum Gasteiger partial charge on any atom is -0.332 e. The van der Waals surface area contributed by atoms with Gasteiger partial charge in [-0.25, -0.2) is 19.3 Å². The van der Waals surface area contributed by atoms with Crippen LogP contribution in [-0.2, 0) is 6.18 Å². The van der Waals surface area contributed by atoms with Crippen LogP contribution >= 0.6 is 27.5 Å². The molecule has 156 valence electrons. The van der Waals surface area contributed by atoms with Gasteiger partial charge in [0, 0.05) is 10.7 Å². The van der Waals surface area contributed by atoms with Crippen molar-refractivity contribution in [3.05, 3.63) is 67.8 Å². The lowest BCUT2D eigenvalue weighted by molar-refractivity contribution is -0.383. The van der Waals surface area contributed by atoms with Gasteiger partial charge in [0.25, 0.3) is 0 Å². The van der Waals surface area contributed by atoms with Gasteiger partial charge in [-0.05, 0) is 24.3 Å². The number of pyridine rings is 1. The second-order valence-corrected chi connectivity index (χ2v) is 6.93. The van der Waals surface area contributed by atoms with E-state index in [0.29, 0.717) is 16.7 Å². The van der Waals surface area contributed by atoms with Crippen LogP contribution in [0.2, 0.25) is 5.02 Å². The molecule has 0 bridgehead atoms. The van der Waals surface area contributed by atoms with Crippen molar-refractivity contribution in [2.24, 2.45) is 0 Å². The minimum absolute atomic E-state index is 0.100. The second kappa shape index (κ2) is 8.36. The molecule has 8 nitrogen and oxygen atoms in total. The summed E-state index contributed by atoms with van der Waals surface area (Å²) in [5.74, 6) is -1.78. The maximum atomic E-state index is 14.1. The van der Waals surface area contributed by atoms with Crippen molar-refractivity contribution < 1.29 is 22.5 Å². The standard InChI is InChI=1S/C16H8BrClF4N6O2/c17-8-1-2-11(10(19)4-8)26-14-12(28(29)30)15(25-6-24-14)27-13-9(18)3-7(5-23-13)16(20,21)22/h1-6H,(H2,23,24,25,26,27). The Labute approximate surface area is 178 Å². The summed E-state index contributed by atoms with van der Waals surface area (Å²) in [4.78, 5) is 21.7. The van der Waals surface area contributed by atoms with Crippen molar-refractivity contribution in [1.82, 2.24) is 15.0 Å². The number of halogens is 6. The van der Waals surface area contributed by atoms with Gasteiger partial charge in [0.2, 0.25) is 11.6 Å². The summed E-state index contributed by atoms with van der Waals surface area (Å²) in [5.41, 5.74) is -1.89. The van der Waals surface area contributed by atoms with E-state index < -0.39 is 39.0 Å². The number of hydrogen-bond donors (Lipinski definition) is 2. The summed E-state index contributed by atoms with van der Waals surface area (Å²) in [6, 6.07) is 4.58. The molecule has 0 aliphatic rings. The van der Waals surface area contributed by atoms with Gasteiger partial charge in [0.05, 0.1) is 21.2 Å². The fourth-order valence-electron chi connectivity index (χ4n) is 2.25. The molecule has 2 aromatic heterocycles. The summed E-state index contributed by atoms with van der Waals surface area (Å²) in [6.45, 7) is 0. The van der Waals surface area contributed by atoms with E-state index in [-0.39, 0.29) is 17.3 Å². The Morgan fingerprint density at radius 1 is 1.07 bits per heavy atom. The van der Waals surface area contributed by atoms with Crippen molar-refractivity contribution in [2.45, 2.75) is 6.18 Å². The highest BCUT2D eigenvalue weighted by Crippen LogP contribution is 2.36. The lowest BCUT2D eigenvalue weighted by Crippen LogP contribution is -2.09. The third-order valence-electron chi connectivity index (χ3n) is 3.59. The Kier molecular flexibility index (Phi) is 6.03. The first kappa shape index (κ1) is 21.6. The predicted molar refractivity (Wildman–Crippen MR) is 104 cm³/mol. The van der Waals surface area contributed by atoms with Gasteiger partial charge in [0.15, 0.2) is 5.82 Å². The Bertz CT molecular complexity index is 1130. The first-order valence-corrected chi connectivity index (χ1v) is 8.94. The highest BCUT2D eigenvalue weighted by Gasteiger charge is 2.32. The van der Waals surface area contributed by atoms with E-state index in [1.165, 1.54) is 12.1 Å². The van der Waals surface area contributed by atoms with E-state index in [0.717, 1.165) is 12.4 Å². The van der Waals surface area contributed by atoms with Crippen LogP contribution in [0.3, 0.4) is 0 Å². The highest BCUT2D eigenvalue weighted by molar-refractivity contribution is 9.10. The Balaban J connectivity index is 1.98. The zero-order valence-corrected chi connectivity index (χ0v) is 16.7. The molecule has 0 saturated carbocycles. The van der Waals surface area contributed by atoms with E-state index >= 15 is 0 Å². The van der Waals surface area contributed by atoms with E-state index in [4.69, 9.17) is 11.6 Å². The van der Waals surface area contributed by atoms with Crippen LogP contribution in [0.5, 0.6) is 0 Å². The molecule has 1 aromatic carbocycles. The fourth-order valence-corrected chi connectivity index (χ4v) is 2.80. The molecule has 2 N–H and O–H groups in total. The number of nitrogens with zero attached hydrogens (tertiary/aromatic N) is 4. The van der Waals surface area contributed by atoms with Crippen LogP contribution in [0.15, 0.2) is 41.3 Å². The smallest absolute Gasteiger partial charge is 0.332 e. The van der Waals surface area contributed by atoms with Gasteiger partial charge in [-0.3, -0.25) is 10.1 Å². The molecule has 0 aliphatic carbocycles. The highest BCUT2D eigenvalue weighted by atomic mass is 79.9. The van der Waals surface area contributed by atoms with E-state index in [2.05, 4.69) is 41.5 Å². The Morgan fingerprint density at radius 2 is 1.73 bits per heavy atom. The van der Waals surface area contributed by atoms with Gasteiger partial charge in [-0.2, -0.15) is 13.2 Å². The largest absolute Gasteiger partial charge is 0.417 e. The molecule has 3 rings (SSSR count). The van der Waals surface area contributed by atoms with Crippen LogP contribution in [0, 0.1) is 15.9 Å². The first-order chi connectivity index (χ1) is 14.1. The van der Waals surface area contributed by atoms with Crippen molar-refractivity contribution in [1.29, 1.82) is 0 Å². The number of benzene rings is 1. The summed E-state index contributed by atoms with van der Waals surface area (Å²) >= 11 is 8.91. The lowest BCUT2D eigenvalue weighted by atomic mass is 10.2. The maximum absolute atomic E-state index is 14.1. The zero-order chi connectivity index (χ0) is 22.1. The third kappa shape index (κ3) is 4.74. The van der Waals surface area contributed by atoms with Crippen molar-refractivity contribution in [3.63, 3.8) is 0 Å². The Morgan fingerprint density at radius 3 is 2.30 bits per heavy atom. The molecule has 2 heterocycles. The topological polar surface area (TPSA) is 106 Å². The van der Waals surface area contributed by atoms with Crippen LogP contribution in [-0.4, -0.2) is 19.9 Å². The summed E-state index contributed by atoms with van der Waals surface area (Å²) in [6.07, 6.45) is -3.22. The maximum Gasteiger partial charge on any atom is 0.417 e. The number of rotatable bonds is 5. The van der Waals surface area contributed by atoms with Crippen LogP contribution in [0.1, 0.15) is 5.56 Å². The van der Waals surface area contributed by atoms with Gasteiger partial charge in [-0.15, -0.1) is 0 Å². The predicted octanol–water partition coefficient (Wildman–Crippen LogP) is 5.84. The SMILES string of the molecule is O=[N+]([O-])c1c(Nc2ccc(Br)cc2F)ncnc1Nc1ncc(C(F)(F)F)cc1Cl. The Hall–Kier alpha value is -3.06. The minimum atomic E-state index is -4.66. The molecule has 0 atom stereocenters. The van der Waals surface area contributed by atoms with Gasteiger partial charge >= 0.3 is 11.9 Å².